The van der Waals surface area contributed by atoms with Crippen LogP contribution in [0.1, 0.15) is 83.5 Å². The molecule has 0 bridgehead atoms. The third-order valence-corrected chi connectivity index (χ3v) is 3.58. The number of hydrogen-bond donors (Lipinski definition) is 1. The Balaban J connectivity index is 2.97. The summed E-state index contributed by atoms with van der Waals surface area (Å²) in [6.45, 7) is 7.82. The minimum Gasteiger partial charge on any atom is -0.392 e. The van der Waals surface area contributed by atoms with Crippen LogP contribution in [0.2, 0.25) is 0 Å². The molecule has 1 radical (unpaired) electrons. The van der Waals surface area contributed by atoms with Crippen molar-refractivity contribution in [2.24, 2.45) is 0 Å². The fourth-order valence-corrected chi connectivity index (χ4v) is 2.23. The maximum atomic E-state index is 3.95. The molecule has 1 heteroatoms. The van der Waals surface area contributed by atoms with Gasteiger partial charge in [-0.15, -0.1) is 0 Å². The molecule has 0 aromatic carbocycles. The topological polar surface area (TPSA) is 12.0 Å². The van der Waals surface area contributed by atoms with E-state index in [0.717, 1.165) is 12.8 Å². The predicted octanol–water partition coefficient (Wildman–Crippen LogP) is 5.62. The SMILES string of the molecule is [CH2]CCCCCCCCCCCCCC(=C)NC. The molecule has 0 aliphatic heterocycles. The summed E-state index contributed by atoms with van der Waals surface area (Å²) < 4.78 is 0. The van der Waals surface area contributed by atoms with Gasteiger partial charge in [0.25, 0.3) is 0 Å². The quantitative estimate of drug-likeness (QED) is 0.395. The molecule has 0 aliphatic rings. The molecule has 0 fully saturated rings. The zero-order valence-corrected chi connectivity index (χ0v) is 12.6. The Hall–Kier alpha value is -0.460. The third-order valence-electron chi connectivity index (χ3n) is 3.58. The summed E-state index contributed by atoms with van der Waals surface area (Å²) in [4.78, 5) is 0. The summed E-state index contributed by atoms with van der Waals surface area (Å²) in [6, 6.07) is 0. The average Bonchev–Trinajstić information content (AvgIpc) is 2.39. The first-order valence-corrected chi connectivity index (χ1v) is 7.96. The minimum atomic E-state index is 1.11. The van der Waals surface area contributed by atoms with Gasteiger partial charge in [0.15, 0.2) is 0 Å². The van der Waals surface area contributed by atoms with E-state index in [-0.39, 0.29) is 0 Å². The molecule has 1 nitrogen and oxygen atoms in total. The summed E-state index contributed by atoms with van der Waals surface area (Å²) in [5.74, 6) is 0. The molecule has 0 aromatic rings. The Morgan fingerprint density at radius 1 is 0.722 bits per heavy atom. The molecule has 107 valence electrons. The van der Waals surface area contributed by atoms with Crippen LogP contribution < -0.4 is 5.32 Å². The van der Waals surface area contributed by atoms with Crippen LogP contribution in [0.25, 0.3) is 0 Å². The second-order valence-corrected chi connectivity index (χ2v) is 5.35. The molecule has 0 unspecified atom stereocenters. The number of rotatable bonds is 14. The molecule has 0 heterocycles. The van der Waals surface area contributed by atoms with Gasteiger partial charge in [0.05, 0.1) is 0 Å². The Kier molecular flexibility index (Phi) is 14.2. The normalized spacial score (nSPS) is 10.6. The lowest BCUT2D eigenvalue weighted by Crippen LogP contribution is -2.03. The van der Waals surface area contributed by atoms with Crippen molar-refractivity contribution in [3.8, 4) is 0 Å². The van der Waals surface area contributed by atoms with E-state index in [2.05, 4.69) is 18.8 Å². The highest BCUT2D eigenvalue weighted by Gasteiger charge is 1.94. The number of hydrogen-bond acceptors (Lipinski definition) is 1. The van der Waals surface area contributed by atoms with Gasteiger partial charge in [0, 0.05) is 12.7 Å². The van der Waals surface area contributed by atoms with Crippen LogP contribution in [0.5, 0.6) is 0 Å². The van der Waals surface area contributed by atoms with Crippen molar-refractivity contribution in [2.45, 2.75) is 83.5 Å². The maximum absolute atomic E-state index is 3.95. The first-order valence-electron chi connectivity index (χ1n) is 7.96. The fourth-order valence-electron chi connectivity index (χ4n) is 2.23. The van der Waals surface area contributed by atoms with E-state index in [1.54, 1.807) is 0 Å². The van der Waals surface area contributed by atoms with Gasteiger partial charge in [0.1, 0.15) is 0 Å². The van der Waals surface area contributed by atoms with E-state index < -0.39 is 0 Å². The summed E-state index contributed by atoms with van der Waals surface area (Å²) in [6.07, 6.45) is 17.6. The van der Waals surface area contributed by atoms with Gasteiger partial charge in [-0.2, -0.15) is 0 Å². The molecule has 0 atom stereocenters. The molecule has 0 spiro atoms. The van der Waals surface area contributed by atoms with Crippen molar-refractivity contribution in [2.75, 3.05) is 7.05 Å². The first kappa shape index (κ1) is 17.5. The molecule has 0 rings (SSSR count). The third kappa shape index (κ3) is 13.6. The molecular weight excluding hydrogens is 218 g/mol. The van der Waals surface area contributed by atoms with Gasteiger partial charge >= 0.3 is 0 Å². The Bertz CT molecular complexity index is 174. The van der Waals surface area contributed by atoms with Gasteiger partial charge < -0.3 is 5.32 Å². The standard InChI is InChI=1S/C17H34N/c1-4-5-6-7-8-9-10-11-12-13-14-15-16-17(2)18-3/h18H,1-2,4-16H2,3H3. The maximum Gasteiger partial charge on any atom is 0.00310 e. The van der Waals surface area contributed by atoms with Crippen LogP contribution in [0.3, 0.4) is 0 Å². The number of unbranched alkanes of at least 4 members (excludes halogenated alkanes) is 11. The average molecular weight is 252 g/mol. The summed E-state index contributed by atoms with van der Waals surface area (Å²) in [5.41, 5.74) is 1.18. The first-order chi connectivity index (χ1) is 8.81. The zero-order valence-electron chi connectivity index (χ0n) is 12.6. The van der Waals surface area contributed by atoms with Crippen LogP contribution >= 0.6 is 0 Å². The zero-order chi connectivity index (χ0) is 13.5. The molecule has 0 saturated heterocycles. The van der Waals surface area contributed by atoms with Crippen molar-refractivity contribution < 1.29 is 0 Å². The largest absolute Gasteiger partial charge is 0.392 e. The smallest absolute Gasteiger partial charge is 0.00310 e. The molecule has 0 aromatic heterocycles. The molecule has 1 N–H and O–H groups in total. The molecule has 18 heavy (non-hydrogen) atoms. The van der Waals surface area contributed by atoms with Crippen LogP contribution in [0.15, 0.2) is 12.3 Å². The van der Waals surface area contributed by atoms with E-state index in [1.165, 1.54) is 76.3 Å². The highest BCUT2D eigenvalue weighted by Crippen LogP contribution is 2.13. The van der Waals surface area contributed by atoms with Crippen LogP contribution in [-0.2, 0) is 0 Å². The summed E-state index contributed by atoms with van der Waals surface area (Å²) in [5, 5.41) is 3.11. The van der Waals surface area contributed by atoms with Crippen LogP contribution in [0.4, 0.5) is 0 Å². The van der Waals surface area contributed by atoms with Crippen molar-refractivity contribution in [3.05, 3.63) is 19.2 Å². The van der Waals surface area contributed by atoms with E-state index in [0.29, 0.717) is 0 Å². The summed E-state index contributed by atoms with van der Waals surface area (Å²) in [7, 11) is 1.96. The van der Waals surface area contributed by atoms with Crippen molar-refractivity contribution >= 4 is 0 Å². The van der Waals surface area contributed by atoms with E-state index in [4.69, 9.17) is 0 Å². The lowest BCUT2D eigenvalue weighted by molar-refractivity contribution is 0.544. The monoisotopic (exact) mass is 252 g/mol. The van der Waals surface area contributed by atoms with E-state index in [1.807, 2.05) is 7.05 Å². The Morgan fingerprint density at radius 2 is 1.11 bits per heavy atom. The van der Waals surface area contributed by atoms with Gasteiger partial charge in [-0.25, -0.2) is 0 Å². The lowest BCUT2D eigenvalue weighted by atomic mass is 10.0. The molecule has 0 saturated carbocycles. The number of nitrogens with one attached hydrogen (secondary N) is 1. The highest BCUT2D eigenvalue weighted by molar-refractivity contribution is 4.88. The molecule has 0 aliphatic carbocycles. The number of allylic oxidation sites excluding steroid dienone is 1. The fraction of sp³-hybridized carbons (Fsp3) is 0.824. The molecule has 0 amide bonds. The van der Waals surface area contributed by atoms with Crippen molar-refractivity contribution in [1.29, 1.82) is 0 Å². The Morgan fingerprint density at radius 3 is 1.50 bits per heavy atom. The minimum absolute atomic E-state index is 1.11. The second kappa shape index (κ2) is 14.6. The van der Waals surface area contributed by atoms with Gasteiger partial charge in [-0.05, 0) is 12.8 Å². The van der Waals surface area contributed by atoms with Crippen LogP contribution in [-0.4, -0.2) is 7.05 Å². The second-order valence-electron chi connectivity index (χ2n) is 5.35. The highest BCUT2D eigenvalue weighted by atomic mass is 14.8. The van der Waals surface area contributed by atoms with Gasteiger partial charge in [-0.3, -0.25) is 0 Å². The lowest BCUT2D eigenvalue weighted by Gasteiger charge is -2.04. The summed E-state index contributed by atoms with van der Waals surface area (Å²) >= 11 is 0. The molecular formula is C17H34N. The predicted molar refractivity (Wildman–Crippen MR) is 83.6 cm³/mol. The van der Waals surface area contributed by atoms with E-state index in [9.17, 15) is 0 Å². The van der Waals surface area contributed by atoms with Crippen LogP contribution in [0, 0.1) is 6.92 Å². The van der Waals surface area contributed by atoms with Gasteiger partial charge in [-0.1, -0.05) is 84.1 Å². The van der Waals surface area contributed by atoms with Crippen molar-refractivity contribution in [1.82, 2.24) is 5.32 Å². The van der Waals surface area contributed by atoms with E-state index >= 15 is 0 Å². The van der Waals surface area contributed by atoms with Gasteiger partial charge in [0.2, 0.25) is 0 Å². The Labute approximate surface area is 115 Å². The van der Waals surface area contributed by atoms with Crippen molar-refractivity contribution in [3.63, 3.8) is 0 Å².